The Morgan fingerprint density at radius 1 is 1.25 bits per heavy atom. The fourth-order valence-corrected chi connectivity index (χ4v) is 3.03. The van der Waals surface area contributed by atoms with Gasteiger partial charge in [-0.2, -0.15) is 10.2 Å². The number of hydrogen-bond donors (Lipinski definition) is 0. The van der Waals surface area contributed by atoms with Gasteiger partial charge < -0.3 is 4.90 Å². The number of azo groups is 1. The van der Waals surface area contributed by atoms with Crippen molar-refractivity contribution < 1.29 is 0 Å². The van der Waals surface area contributed by atoms with Crippen LogP contribution in [0.25, 0.3) is 0 Å². The van der Waals surface area contributed by atoms with Gasteiger partial charge in [0, 0.05) is 6.54 Å². The van der Waals surface area contributed by atoms with E-state index in [1.165, 1.54) is 38.9 Å². The van der Waals surface area contributed by atoms with Crippen molar-refractivity contribution in [2.45, 2.75) is 24.8 Å². The van der Waals surface area contributed by atoms with Gasteiger partial charge in [0.25, 0.3) is 0 Å². The molecule has 0 N–H and O–H groups in total. The van der Waals surface area contributed by atoms with Gasteiger partial charge >= 0.3 is 0 Å². The molecule has 4 aliphatic rings. The quantitative estimate of drug-likeness (QED) is 0.532. The summed E-state index contributed by atoms with van der Waals surface area (Å²) in [5, 5.41) is 8.67. The van der Waals surface area contributed by atoms with Crippen LogP contribution in [0.4, 0.5) is 0 Å². The summed E-state index contributed by atoms with van der Waals surface area (Å²) in [6.07, 6.45) is 3.94. The molecule has 0 saturated carbocycles. The summed E-state index contributed by atoms with van der Waals surface area (Å²) in [6, 6.07) is 0. The number of piperidine rings is 3. The first-order chi connectivity index (χ1) is 5.89. The van der Waals surface area contributed by atoms with Crippen LogP contribution in [-0.4, -0.2) is 36.6 Å². The molecule has 0 aromatic rings. The van der Waals surface area contributed by atoms with E-state index in [9.17, 15) is 0 Å². The molecule has 12 heavy (non-hydrogen) atoms. The molecule has 1 atom stereocenters. The predicted molar refractivity (Wildman–Crippen MR) is 46.2 cm³/mol. The zero-order chi connectivity index (χ0) is 8.02. The van der Waals surface area contributed by atoms with Gasteiger partial charge in [-0.3, -0.25) is 0 Å². The van der Waals surface area contributed by atoms with Crippen LogP contribution in [0.2, 0.25) is 0 Å². The molecule has 66 valence electrons. The zero-order valence-corrected chi connectivity index (χ0v) is 7.37. The molecule has 3 saturated heterocycles. The Morgan fingerprint density at radius 2 is 2.08 bits per heavy atom. The van der Waals surface area contributed by atoms with Crippen LogP contribution >= 0.6 is 0 Å². The van der Waals surface area contributed by atoms with E-state index in [1.54, 1.807) is 0 Å². The monoisotopic (exact) mass is 165 g/mol. The summed E-state index contributed by atoms with van der Waals surface area (Å²) in [4.78, 5) is 2.56. The van der Waals surface area contributed by atoms with E-state index in [1.807, 2.05) is 0 Å². The maximum atomic E-state index is 4.49. The molecule has 2 bridgehead atoms. The van der Waals surface area contributed by atoms with Crippen molar-refractivity contribution in [3.8, 4) is 0 Å². The number of fused-ring (bicyclic) bond motifs is 2. The lowest BCUT2D eigenvalue weighted by atomic mass is 9.72. The second kappa shape index (κ2) is 2.28. The first-order valence-corrected chi connectivity index (χ1v) is 5.00. The number of hydrogen-bond acceptors (Lipinski definition) is 3. The Labute approximate surface area is 72.8 Å². The molecule has 0 aliphatic carbocycles. The highest BCUT2D eigenvalue weighted by Gasteiger charge is 2.48. The van der Waals surface area contributed by atoms with E-state index in [-0.39, 0.29) is 5.54 Å². The van der Waals surface area contributed by atoms with Gasteiger partial charge in [0.05, 0.1) is 12.1 Å². The smallest absolute Gasteiger partial charge is 0.0989 e. The van der Waals surface area contributed by atoms with Crippen molar-refractivity contribution in [1.82, 2.24) is 4.90 Å². The normalized spacial score (nSPS) is 50.7. The second-order valence-electron chi connectivity index (χ2n) is 4.37. The molecule has 4 heterocycles. The summed E-state index contributed by atoms with van der Waals surface area (Å²) in [5.41, 5.74) is 0.274. The maximum Gasteiger partial charge on any atom is 0.0989 e. The first kappa shape index (κ1) is 7.01. The molecule has 0 radical (unpaired) electrons. The summed E-state index contributed by atoms with van der Waals surface area (Å²) in [6.45, 7) is 4.79. The molecule has 4 aliphatic heterocycles. The van der Waals surface area contributed by atoms with Gasteiger partial charge in [-0.15, -0.1) is 0 Å². The molecule has 0 amide bonds. The third kappa shape index (κ3) is 0.802. The largest absolute Gasteiger partial charge is 0.301 e. The lowest BCUT2D eigenvalue weighted by molar-refractivity contribution is 0.0316. The van der Waals surface area contributed by atoms with Crippen molar-refractivity contribution in [2.24, 2.45) is 16.1 Å². The summed E-state index contributed by atoms with van der Waals surface area (Å²) < 4.78 is 0. The third-order valence-corrected chi connectivity index (χ3v) is 3.76. The molecule has 3 heteroatoms. The van der Waals surface area contributed by atoms with Crippen LogP contribution in [-0.2, 0) is 0 Å². The van der Waals surface area contributed by atoms with Crippen LogP contribution in [0.3, 0.4) is 0 Å². The lowest BCUT2D eigenvalue weighted by Crippen LogP contribution is -2.57. The minimum absolute atomic E-state index is 0.274. The number of nitrogens with zero attached hydrogens (tertiary/aromatic N) is 3. The Hall–Kier alpha value is -0.440. The van der Waals surface area contributed by atoms with E-state index in [2.05, 4.69) is 15.1 Å². The van der Waals surface area contributed by atoms with E-state index in [0.717, 1.165) is 12.5 Å². The van der Waals surface area contributed by atoms with Crippen molar-refractivity contribution in [1.29, 1.82) is 0 Å². The van der Waals surface area contributed by atoms with Gasteiger partial charge in [0.1, 0.15) is 0 Å². The van der Waals surface area contributed by atoms with Gasteiger partial charge in [-0.1, -0.05) is 0 Å². The highest BCUT2D eigenvalue weighted by atomic mass is 15.3. The Kier molecular flexibility index (Phi) is 1.33. The van der Waals surface area contributed by atoms with Gasteiger partial charge in [-0.05, 0) is 38.3 Å². The average molecular weight is 165 g/mol. The van der Waals surface area contributed by atoms with E-state index in [0.29, 0.717) is 0 Å². The van der Waals surface area contributed by atoms with Crippen LogP contribution in [0.5, 0.6) is 0 Å². The molecule has 3 fully saturated rings. The van der Waals surface area contributed by atoms with Crippen molar-refractivity contribution in [3.05, 3.63) is 0 Å². The van der Waals surface area contributed by atoms with E-state index >= 15 is 0 Å². The molecule has 0 aromatic carbocycles. The van der Waals surface area contributed by atoms with Crippen molar-refractivity contribution >= 4 is 0 Å². The highest BCUT2D eigenvalue weighted by molar-refractivity contribution is 5.05. The molecule has 3 nitrogen and oxygen atoms in total. The van der Waals surface area contributed by atoms with Crippen LogP contribution < -0.4 is 0 Å². The average Bonchev–Trinajstić information content (AvgIpc) is 2.55. The summed E-state index contributed by atoms with van der Waals surface area (Å²) in [5.74, 6) is 0.855. The van der Waals surface area contributed by atoms with Crippen LogP contribution in [0.1, 0.15) is 19.3 Å². The lowest BCUT2D eigenvalue weighted by Gasteiger charge is -2.49. The summed E-state index contributed by atoms with van der Waals surface area (Å²) in [7, 11) is 0. The van der Waals surface area contributed by atoms with Crippen LogP contribution in [0, 0.1) is 5.92 Å². The fourth-order valence-electron chi connectivity index (χ4n) is 3.03. The molecule has 4 rings (SSSR count). The Balaban J connectivity index is 1.91. The Bertz CT molecular complexity index is 218. The zero-order valence-electron chi connectivity index (χ0n) is 7.37. The molecular weight excluding hydrogens is 150 g/mol. The first-order valence-electron chi connectivity index (χ1n) is 5.00. The topological polar surface area (TPSA) is 28.0 Å². The fraction of sp³-hybridized carbons (Fsp3) is 1.00. The number of rotatable bonds is 0. The van der Waals surface area contributed by atoms with E-state index < -0.39 is 0 Å². The summed E-state index contributed by atoms with van der Waals surface area (Å²) >= 11 is 0. The highest BCUT2D eigenvalue weighted by Crippen LogP contribution is 2.42. The molecule has 0 aromatic heterocycles. The van der Waals surface area contributed by atoms with E-state index in [4.69, 9.17) is 0 Å². The minimum atomic E-state index is 0.274. The standard InChI is InChI=1S/C9H15N3/c1-5-12-6-2-8(1)9(7-12)3-4-10-11-9/h8H,1-7H2. The Morgan fingerprint density at radius 3 is 2.58 bits per heavy atom. The molecule has 1 spiro atoms. The van der Waals surface area contributed by atoms with Crippen molar-refractivity contribution in [2.75, 3.05) is 26.2 Å². The van der Waals surface area contributed by atoms with Gasteiger partial charge in [0.15, 0.2) is 0 Å². The predicted octanol–water partition coefficient (Wildman–Crippen LogP) is 1.31. The van der Waals surface area contributed by atoms with Gasteiger partial charge in [-0.25, -0.2) is 0 Å². The molecular formula is C9H15N3. The van der Waals surface area contributed by atoms with Gasteiger partial charge in [0.2, 0.25) is 0 Å². The third-order valence-electron chi connectivity index (χ3n) is 3.76. The van der Waals surface area contributed by atoms with Crippen LogP contribution in [0.15, 0.2) is 10.2 Å². The SMILES string of the molecule is C1CC2(CN3CCC2CC3)N=N1. The molecule has 1 unspecified atom stereocenters. The minimum Gasteiger partial charge on any atom is -0.301 e. The van der Waals surface area contributed by atoms with Crippen molar-refractivity contribution in [3.63, 3.8) is 0 Å². The maximum absolute atomic E-state index is 4.49. The second-order valence-corrected chi connectivity index (χ2v) is 4.37.